The summed E-state index contributed by atoms with van der Waals surface area (Å²) in [5.74, 6) is -0.689. The lowest BCUT2D eigenvalue weighted by Crippen LogP contribution is -2.44. The van der Waals surface area contributed by atoms with Gasteiger partial charge in [-0.15, -0.1) is 0 Å². The highest BCUT2D eigenvalue weighted by molar-refractivity contribution is 5.99. The van der Waals surface area contributed by atoms with E-state index in [0.29, 0.717) is 11.8 Å². The zero-order valence-electron chi connectivity index (χ0n) is 11.1. The van der Waals surface area contributed by atoms with Gasteiger partial charge < -0.3 is 4.57 Å². The lowest BCUT2D eigenvalue weighted by atomic mass is 10.0. The molecule has 0 radical (unpaired) electrons. The first kappa shape index (κ1) is 12.6. The first-order chi connectivity index (χ1) is 9.56. The zero-order valence-corrected chi connectivity index (χ0v) is 11.1. The number of carbonyl (C=O) groups excluding carboxylic acids is 2. The molecule has 1 saturated heterocycles. The van der Waals surface area contributed by atoms with Crippen LogP contribution in [0.5, 0.6) is 0 Å². The van der Waals surface area contributed by atoms with Gasteiger partial charge in [0.25, 0.3) is 5.56 Å². The molecular formula is C15H14N2O3. The molecule has 3 rings (SSSR count). The Bertz CT molecular complexity index is 776. The minimum absolute atomic E-state index is 0.194. The van der Waals surface area contributed by atoms with E-state index in [1.165, 1.54) is 4.57 Å². The van der Waals surface area contributed by atoms with Gasteiger partial charge in [0.05, 0.1) is 0 Å². The molecule has 1 aromatic carbocycles. The summed E-state index contributed by atoms with van der Waals surface area (Å²) in [4.78, 5) is 35.5. The summed E-state index contributed by atoms with van der Waals surface area (Å²) in [5.41, 5.74) is 0.802. The van der Waals surface area contributed by atoms with E-state index in [2.05, 4.69) is 5.32 Å². The standard InChI is InChI=1S/C15H14N2O3/c1-9-2-3-10-6-7-17(15(20)11(10)8-9)12-4-5-13(18)16-14(12)19/h2-3,6-8,12H,4-5H2,1H3,(H,16,18,19). The third kappa shape index (κ3) is 2.01. The molecule has 0 spiro atoms. The predicted octanol–water partition coefficient (Wildman–Crippen LogP) is 1.29. The fourth-order valence-corrected chi connectivity index (χ4v) is 2.56. The van der Waals surface area contributed by atoms with Crippen molar-refractivity contribution in [1.29, 1.82) is 0 Å². The van der Waals surface area contributed by atoms with E-state index in [0.717, 1.165) is 10.9 Å². The minimum atomic E-state index is -0.606. The lowest BCUT2D eigenvalue weighted by Gasteiger charge is -2.23. The highest BCUT2D eigenvalue weighted by Gasteiger charge is 2.28. The van der Waals surface area contributed by atoms with Gasteiger partial charge in [-0.1, -0.05) is 17.7 Å². The van der Waals surface area contributed by atoms with Crippen molar-refractivity contribution in [3.8, 4) is 0 Å². The zero-order chi connectivity index (χ0) is 14.3. The van der Waals surface area contributed by atoms with E-state index in [4.69, 9.17) is 0 Å². The number of amides is 2. The van der Waals surface area contributed by atoms with Crippen LogP contribution in [0.1, 0.15) is 24.4 Å². The summed E-state index contributed by atoms with van der Waals surface area (Å²) in [6.45, 7) is 1.92. The van der Waals surface area contributed by atoms with E-state index in [1.807, 2.05) is 31.2 Å². The van der Waals surface area contributed by atoms with Crippen molar-refractivity contribution < 1.29 is 9.59 Å². The number of hydrogen-bond acceptors (Lipinski definition) is 3. The maximum Gasteiger partial charge on any atom is 0.259 e. The fraction of sp³-hybridized carbons (Fsp3) is 0.267. The van der Waals surface area contributed by atoms with Crippen molar-refractivity contribution >= 4 is 22.6 Å². The molecule has 2 amide bonds. The second-order valence-corrected chi connectivity index (χ2v) is 5.09. The Labute approximate surface area is 115 Å². The van der Waals surface area contributed by atoms with E-state index < -0.39 is 11.9 Å². The molecule has 5 heteroatoms. The van der Waals surface area contributed by atoms with E-state index >= 15 is 0 Å². The number of piperidine rings is 1. The van der Waals surface area contributed by atoms with Gasteiger partial charge >= 0.3 is 0 Å². The van der Waals surface area contributed by atoms with Gasteiger partial charge in [0.2, 0.25) is 11.8 Å². The molecule has 2 heterocycles. The van der Waals surface area contributed by atoms with Crippen LogP contribution < -0.4 is 10.9 Å². The quantitative estimate of drug-likeness (QED) is 0.794. The number of rotatable bonds is 1. The maximum absolute atomic E-state index is 12.5. The normalized spacial score (nSPS) is 19.1. The highest BCUT2D eigenvalue weighted by atomic mass is 16.2. The summed E-state index contributed by atoms with van der Waals surface area (Å²) in [7, 11) is 0. The molecule has 1 aromatic heterocycles. The Morgan fingerprint density at radius 1 is 1.20 bits per heavy atom. The van der Waals surface area contributed by atoms with Crippen molar-refractivity contribution in [3.63, 3.8) is 0 Å². The maximum atomic E-state index is 12.5. The van der Waals surface area contributed by atoms with Crippen LogP contribution in [0.3, 0.4) is 0 Å². The van der Waals surface area contributed by atoms with Crippen molar-refractivity contribution in [3.05, 3.63) is 46.4 Å². The third-order valence-electron chi connectivity index (χ3n) is 3.63. The van der Waals surface area contributed by atoms with Crippen molar-refractivity contribution in [2.24, 2.45) is 0 Å². The first-order valence-electron chi connectivity index (χ1n) is 6.51. The van der Waals surface area contributed by atoms with Crippen molar-refractivity contribution in [2.45, 2.75) is 25.8 Å². The molecule has 0 aliphatic carbocycles. The molecule has 0 bridgehead atoms. The van der Waals surface area contributed by atoms with Gasteiger partial charge in [-0.05, 0) is 30.9 Å². The number of benzene rings is 1. The monoisotopic (exact) mass is 270 g/mol. The Hall–Kier alpha value is -2.43. The number of nitrogens with zero attached hydrogens (tertiary/aromatic N) is 1. The average Bonchev–Trinajstić information content (AvgIpc) is 2.41. The topological polar surface area (TPSA) is 68.2 Å². The molecule has 1 atom stereocenters. The van der Waals surface area contributed by atoms with Gasteiger partial charge in [0.15, 0.2) is 0 Å². The minimum Gasteiger partial charge on any atom is -0.302 e. The highest BCUT2D eigenvalue weighted by Crippen LogP contribution is 2.19. The lowest BCUT2D eigenvalue weighted by molar-refractivity contribution is -0.135. The first-order valence-corrected chi connectivity index (χ1v) is 6.51. The second-order valence-electron chi connectivity index (χ2n) is 5.09. The van der Waals surface area contributed by atoms with Crippen LogP contribution in [0.4, 0.5) is 0 Å². The second kappa shape index (κ2) is 4.59. The Balaban J connectivity index is 2.13. The van der Waals surface area contributed by atoms with Crippen LogP contribution in [0.15, 0.2) is 35.3 Å². The van der Waals surface area contributed by atoms with E-state index in [9.17, 15) is 14.4 Å². The molecule has 5 nitrogen and oxygen atoms in total. The van der Waals surface area contributed by atoms with E-state index in [-0.39, 0.29) is 17.9 Å². The van der Waals surface area contributed by atoms with Gasteiger partial charge in [-0.3, -0.25) is 19.7 Å². The molecule has 102 valence electrons. The van der Waals surface area contributed by atoms with Crippen molar-refractivity contribution in [2.75, 3.05) is 0 Å². The van der Waals surface area contributed by atoms with Gasteiger partial charge in [0, 0.05) is 18.0 Å². The van der Waals surface area contributed by atoms with Gasteiger partial charge in [0.1, 0.15) is 6.04 Å². The molecule has 2 aromatic rings. The van der Waals surface area contributed by atoms with Crippen LogP contribution in [-0.4, -0.2) is 16.4 Å². The Morgan fingerprint density at radius 3 is 2.75 bits per heavy atom. The third-order valence-corrected chi connectivity index (χ3v) is 3.63. The molecule has 1 aliphatic heterocycles. The van der Waals surface area contributed by atoms with Crippen LogP contribution in [-0.2, 0) is 9.59 Å². The number of aromatic nitrogens is 1. The van der Waals surface area contributed by atoms with Crippen LogP contribution in [0.25, 0.3) is 10.8 Å². The van der Waals surface area contributed by atoms with Gasteiger partial charge in [-0.2, -0.15) is 0 Å². The predicted molar refractivity (Wildman–Crippen MR) is 74.4 cm³/mol. The Morgan fingerprint density at radius 2 is 2.00 bits per heavy atom. The Kier molecular flexibility index (Phi) is 2.89. The molecule has 20 heavy (non-hydrogen) atoms. The van der Waals surface area contributed by atoms with Crippen LogP contribution in [0, 0.1) is 6.92 Å². The number of pyridine rings is 1. The summed E-state index contributed by atoms with van der Waals surface area (Å²) in [5, 5.41) is 3.72. The number of imide groups is 1. The summed E-state index contributed by atoms with van der Waals surface area (Å²) in [6.07, 6.45) is 2.25. The van der Waals surface area contributed by atoms with Crippen LogP contribution >= 0.6 is 0 Å². The van der Waals surface area contributed by atoms with Gasteiger partial charge in [-0.25, -0.2) is 0 Å². The van der Waals surface area contributed by atoms with Crippen molar-refractivity contribution in [1.82, 2.24) is 9.88 Å². The summed E-state index contributed by atoms with van der Waals surface area (Å²) >= 11 is 0. The number of carbonyl (C=O) groups is 2. The average molecular weight is 270 g/mol. The number of hydrogen-bond donors (Lipinski definition) is 1. The number of nitrogens with one attached hydrogen (secondary N) is 1. The molecular weight excluding hydrogens is 256 g/mol. The summed E-state index contributed by atoms with van der Waals surface area (Å²) in [6, 6.07) is 6.86. The number of aryl methyl sites for hydroxylation is 1. The fourth-order valence-electron chi connectivity index (χ4n) is 2.56. The largest absolute Gasteiger partial charge is 0.302 e. The molecule has 1 fully saturated rings. The van der Waals surface area contributed by atoms with E-state index in [1.54, 1.807) is 6.20 Å². The number of fused-ring (bicyclic) bond motifs is 1. The molecule has 0 saturated carbocycles. The molecule has 1 N–H and O–H groups in total. The summed E-state index contributed by atoms with van der Waals surface area (Å²) < 4.78 is 1.42. The smallest absolute Gasteiger partial charge is 0.259 e. The SMILES string of the molecule is Cc1ccc2ccn(C3CCC(=O)NC3=O)c(=O)c2c1. The molecule has 1 aliphatic rings. The van der Waals surface area contributed by atoms with Crippen LogP contribution in [0.2, 0.25) is 0 Å². The molecule has 1 unspecified atom stereocenters.